The van der Waals surface area contributed by atoms with Crippen LogP contribution in [0.1, 0.15) is 18.1 Å². The molecule has 3 aromatic carbocycles. The molecule has 0 unspecified atom stereocenters. The summed E-state index contributed by atoms with van der Waals surface area (Å²) in [4.78, 5) is 29.8. The first kappa shape index (κ1) is 19.5. The van der Waals surface area contributed by atoms with Crippen LogP contribution in [0.2, 0.25) is 0 Å². The Labute approximate surface area is 172 Å². The number of rotatable bonds is 5. The van der Waals surface area contributed by atoms with Crippen LogP contribution in [-0.2, 0) is 16.9 Å². The summed E-state index contributed by atoms with van der Waals surface area (Å²) in [7, 11) is 0. The van der Waals surface area contributed by atoms with Crippen molar-refractivity contribution in [3.8, 4) is 0 Å². The topological polar surface area (TPSA) is 64.0 Å². The standard InChI is InChI=1S/C24H20FN3O2/c1-24(17-8-4-2-5-9-17,18-10-6-3-7-11-18)27-22(29)15-28-16-26-21-13-12-19(25)14-20(21)23(28)30/h2-14,16H,15H2,1H3,(H,27,29). The maximum absolute atomic E-state index is 13.6. The molecule has 0 radical (unpaired) electrons. The summed E-state index contributed by atoms with van der Waals surface area (Å²) in [5.41, 5.74) is 0.956. The normalized spacial score (nSPS) is 11.4. The van der Waals surface area contributed by atoms with Crippen LogP contribution in [0.25, 0.3) is 10.9 Å². The maximum Gasteiger partial charge on any atom is 0.261 e. The third kappa shape index (κ3) is 3.72. The first-order valence-corrected chi connectivity index (χ1v) is 9.54. The number of nitrogens with zero attached hydrogens (tertiary/aromatic N) is 2. The van der Waals surface area contributed by atoms with Crippen LogP contribution in [0.5, 0.6) is 0 Å². The third-order valence-electron chi connectivity index (χ3n) is 5.19. The van der Waals surface area contributed by atoms with Gasteiger partial charge in [-0.1, -0.05) is 60.7 Å². The van der Waals surface area contributed by atoms with Crippen molar-refractivity contribution >= 4 is 16.8 Å². The van der Waals surface area contributed by atoms with E-state index in [1.54, 1.807) is 0 Å². The lowest BCUT2D eigenvalue weighted by Crippen LogP contribution is -2.46. The molecular weight excluding hydrogens is 381 g/mol. The van der Waals surface area contributed by atoms with Crippen LogP contribution in [-0.4, -0.2) is 15.5 Å². The van der Waals surface area contributed by atoms with E-state index in [1.807, 2.05) is 67.6 Å². The molecule has 4 aromatic rings. The molecule has 5 nitrogen and oxygen atoms in total. The smallest absolute Gasteiger partial charge is 0.261 e. The van der Waals surface area contributed by atoms with Gasteiger partial charge in [-0.25, -0.2) is 9.37 Å². The zero-order valence-electron chi connectivity index (χ0n) is 16.4. The zero-order chi connectivity index (χ0) is 21.1. The number of carbonyl (C=O) groups is 1. The summed E-state index contributed by atoms with van der Waals surface area (Å²) < 4.78 is 14.7. The van der Waals surface area contributed by atoms with Crippen molar-refractivity contribution in [1.82, 2.24) is 14.9 Å². The van der Waals surface area contributed by atoms with Crippen molar-refractivity contribution in [2.24, 2.45) is 0 Å². The van der Waals surface area contributed by atoms with Gasteiger partial charge in [-0.05, 0) is 36.2 Å². The molecule has 1 heterocycles. The van der Waals surface area contributed by atoms with Gasteiger partial charge >= 0.3 is 0 Å². The lowest BCUT2D eigenvalue weighted by molar-refractivity contribution is -0.123. The van der Waals surface area contributed by atoms with Gasteiger partial charge in [0.1, 0.15) is 12.4 Å². The summed E-state index contributed by atoms with van der Waals surface area (Å²) in [6.07, 6.45) is 1.31. The van der Waals surface area contributed by atoms with Crippen molar-refractivity contribution in [2.75, 3.05) is 0 Å². The SMILES string of the molecule is CC(NC(=O)Cn1cnc2ccc(F)cc2c1=O)(c1ccccc1)c1ccccc1. The highest BCUT2D eigenvalue weighted by molar-refractivity contribution is 5.80. The van der Waals surface area contributed by atoms with E-state index < -0.39 is 16.9 Å². The third-order valence-corrected chi connectivity index (χ3v) is 5.19. The highest BCUT2D eigenvalue weighted by Gasteiger charge is 2.30. The Morgan fingerprint density at radius 3 is 2.20 bits per heavy atom. The van der Waals surface area contributed by atoms with E-state index in [1.165, 1.54) is 23.0 Å². The molecule has 0 spiro atoms. The molecule has 0 bridgehead atoms. The van der Waals surface area contributed by atoms with Gasteiger partial charge in [0.15, 0.2) is 0 Å². The van der Waals surface area contributed by atoms with E-state index >= 15 is 0 Å². The number of amides is 1. The predicted molar refractivity (Wildman–Crippen MR) is 113 cm³/mol. The summed E-state index contributed by atoms with van der Waals surface area (Å²) in [6.45, 7) is 1.69. The van der Waals surface area contributed by atoms with Gasteiger partial charge in [-0.2, -0.15) is 0 Å². The van der Waals surface area contributed by atoms with Crippen molar-refractivity contribution in [3.63, 3.8) is 0 Å². The summed E-state index contributed by atoms with van der Waals surface area (Å²) in [6, 6.07) is 23.1. The lowest BCUT2D eigenvalue weighted by Gasteiger charge is -2.32. The van der Waals surface area contributed by atoms with E-state index in [0.717, 1.165) is 17.2 Å². The van der Waals surface area contributed by atoms with Gasteiger partial charge < -0.3 is 5.32 Å². The van der Waals surface area contributed by atoms with Crippen LogP contribution >= 0.6 is 0 Å². The number of hydrogen-bond donors (Lipinski definition) is 1. The first-order chi connectivity index (χ1) is 14.5. The number of carbonyl (C=O) groups excluding carboxylic acids is 1. The summed E-state index contributed by atoms with van der Waals surface area (Å²) >= 11 is 0. The van der Waals surface area contributed by atoms with Gasteiger partial charge in [0.2, 0.25) is 5.91 Å². The second-order valence-corrected chi connectivity index (χ2v) is 7.24. The molecule has 0 fully saturated rings. The minimum absolute atomic E-state index is 0.138. The van der Waals surface area contributed by atoms with Crippen LogP contribution < -0.4 is 10.9 Å². The molecule has 0 saturated carbocycles. The van der Waals surface area contributed by atoms with Crippen molar-refractivity contribution in [3.05, 3.63) is 112 Å². The number of nitrogens with one attached hydrogen (secondary N) is 1. The number of halogens is 1. The highest BCUT2D eigenvalue weighted by atomic mass is 19.1. The van der Waals surface area contributed by atoms with Crippen molar-refractivity contribution in [2.45, 2.75) is 19.0 Å². The van der Waals surface area contributed by atoms with E-state index in [4.69, 9.17) is 0 Å². The Bertz CT molecular complexity index is 1210. The highest BCUT2D eigenvalue weighted by Crippen LogP contribution is 2.29. The molecule has 0 aliphatic heterocycles. The molecule has 30 heavy (non-hydrogen) atoms. The van der Waals surface area contributed by atoms with Crippen LogP contribution in [0.4, 0.5) is 4.39 Å². The van der Waals surface area contributed by atoms with Crippen molar-refractivity contribution < 1.29 is 9.18 Å². The van der Waals surface area contributed by atoms with Gasteiger partial charge in [0, 0.05) is 0 Å². The molecule has 4 rings (SSSR count). The van der Waals surface area contributed by atoms with Crippen LogP contribution in [0.3, 0.4) is 0 Å². The largest absolute Gasteiger partial charge is 0.341 e. The molecule has 0 aliphatic carbocycles. The second kappa shape index (κ2) is 7.91. The summed E-state index contributed by atoms with van der Waals surface area (Å²) in [5.74, 6) is -0.880. The van der Waals surface area contributed by atoms with E-state index in [9.17, 15) is 14.0 Å². The monoisotopic (exact) mass is 401 g/mol. The maximum atomic E-state index is 13.6. The fraction of sp³-hybridized carbons (Fsp3) is 0.125. The average Bonchev–Trinajstić information content (AvgIpc) is 2.77. The first-order valence-electron chi connectivity index (χ1n) is 9.54. The molecular formula is C24H20FN3O2. The quantitative estimate of drug-likeness (QED) is 0.556. The fourth-order valence-corrected chi connectivity index (χ4v) is 3.57. The Hall–Kier alpha value is -3.80. The Kier molecular flexibility index (Phi) is 5.14. The molecule has 1 aromatic heterocycles. The van der Waals surface area contributed by atoms with E-state index in [2.05, 4.69) is 10.3 Å². The molecule has 150 valence electrons. The van der Waals surface area contributed by atoms with E-state index in [-0.39, 0.29) is 17.8 Å². The molecule has 1 amide bonds. The minimum atomic E-state index is -0.792. The van der Waals surface area contributed by atoms with Gasteiger partial charge in [0.05, 0.1) is 22.8 Å². The number of benzene rings is 3. The number of fused-ring (bicyclic) bond motifs is 1. The van der Waals surface area contributed by atoms with E-state index in [0.29, 0.717) is 5.52 Å². The predicted octanol–water partition coefficient (Wildman–Crippen LogP) is 3.62. The molecule has 1 N–H and O–H groups in total. The minimum Gasteiger partial charge on any atom is -0.341 e. The zero-order valence-corrected chi connectivity index (χ0v) is 16.4. The lowest BCUT2D eigenvalue weighted by atomic mass is 9.84. The van der Waals surface area contributed by atoms with Crippen molar-refractivity contribution in [1.29, 1.82) is 0 Å². The molecule has 0 saturated heterocycles. The Morgan fingerprint density at radius 2 is 1.60 bits per heavy atom. The Balaban J connectivity index is 1.67. The summed E-state index contributed by atoms with van der Waals surface area (Å²) in [5, 5.41) is 3.20. The molecule has 0 aliphatic rings. The van der Waals surface area contributed by atoms with Gasteiger partial charge in [-0.15, -0.1) is 0 Å². The molecule has 0 atom stereocenters. The second-order valence-electron chi connectivity index (χ2n) is 7.24. The van der Waals surface area contributed by atoms with Gasteiger partial charge in [-0.3, -0.25) is 14.2 Å². The fourth-order valence-electron chi connectivity index (χ4n) is 3.57. The molecule has 6 heteroatoms. The van der Waals surface area contributed by atoms with Gasteiger partial charge in [0.25, 0.3) is 5.56 Å². The number of aromatic nitrogens is 2. The number of hydrogen-bond acceptors (Lipinski definition) is 3. The van der Waals surface area contributed by atoms with Crippen LogP contribution in [0.15, 0.2) is 90.0 Å². The van der Waals surface area contributed by atoms with Crippen LogP contribution in [0, 0.1) is 5.82 Å². The average molecular weight is 401 g/mol. The Morgan fingerprint density at radius 1 is 1.00 bits per heavy atom.